The monoisotopic (exact) mass is 390 g/mol. The van der Waals surface area contributed by atoms with E-state index >= 15 is 0 Å². The summed E-state index contributed by atoms with van der Waals surface area (Å²) in [6, 6.07) is 4.24. The fraction of sp³-hybridized carbons (Fsp3) is 0.308. The number of rotatable bonds is 7. The number of carbonyl (C=O) groups excluding carboxylic acids is 1. The van der Waals surface area contributed by atoms with Gasteiger partial charge in [-0.15, -0.1) is 6.58 Å². The summed E-state index contributed by atoms with van der Waals surface area (Å²) in [5.41, 5.74) is 0.219. The number of nitrogens with zero attached hydrogens (tertiary/aromatic N) is 2. The van der Waals surface area contributed by atoms with Gasteiger partial charge in [-0.3, -0.25) is 14.9 Å². The van der Waals surface area contributed by atoms with Gasteiger partial charge in [-0.2, -0.15) is 0 Å². The third-order valence-corrected chi connectivity index (χ3v) is 3.53. The quantitative estimate of drug-likeness (QED) is 0.310. The predicted molar refractivity (Wildman–Crippen MR) is 83.8 cm³/mol. The largest absolute Gasteiger partial charge is 0.383 e. The molecule has 0 atom stereocenters. The molecule has 0 saturated carbocycles. The summed E-state index contributed by atoms with van der Waals surface area (Å²) in [7, 11) is 1.55. The highest BCUT2D eigenvalue weighted by molar-refractivity contribution is 14.1. The molecule has 6 nitrogen and oxygen atoms in total. The molecule has 108 valence electrons. The Morgan fingerprint density at radius 1 is 1.60 bits per heavy atom. The van der Waals surface area contributed by atoms with Gasteiger partial charge in [0.15, 0.2) is 0 Å². The lowest BCUT2D eigenvalue weighted by Crippen LogP contribution is -2.34. The van der Waals surface area contributed by atoms with E-state index in [2.05, 4.69) is 6.58 Å². The first-order valence-electron chi connectivity index (χ1n) is 5.84. The molecule has 7 heteroatoms. The number of amides is 1. The molecule has 0 saturated heterocycles. The van der Waals surface area contributed by atoms with Gasteiger partial charge in [0.1, 0.15) is 0 Å². The number of ether oxygens (including phenoxy) is 1. The maximum Gasteiger partial charge on any atom is 0.270 e. The van der Waals surface area contributed by atoms with Gasteiger partial charge in [-0.1, -0.05) is 6.08 Å². The molecule has 0 N–H and O–H groups in total. The van der Waals surface area contributed by atoms with Crippen LogP contribution in [-0.2, 0) is 4.74 Å². The summed E-state index contributed by atoms with van der Waals surface area (Å²) in [6.45, 7) is 4.77. The number of nitro groups is 1. The molecule has 0 aliphatic rings. The Morgan fingerprint density at radius 3 is 2.85 bits per heavy atom. The Labute approximate surface area is 130 Å². The third-order valence-electron chi connectivity index (χ3n) is 2.59. The summed E-state index contributed by atoms with van der Waals surface area (Å²) in [5.74, 6) is -0.268. The second-order valence-electron chi connectivity index (χ2n) is 3.95. The zero-order valence-corrected chi connectivity index (χ0v) is 13.2. The molecule has 0 spiro atoms. The smallest absolute Gasteiger partial charge is 0.270 e. The Kier molecular flexibility index (Phi) is 6.59. The molecule has 0 unspecified atom stereocenters. The molecule has 0 aliphatic carbocycles. The van der Waals surface area contributed by atoms with Crippen molar-refractivity contribution in [2.75, 3.05) is 26.8 Å². The highest BCUT2D eigenvalue weighted by Crippen LogP contribution is 2.21. The van der Waals surface area contributed by atoms with Crippen LogP contribution in [0.15, 0.2) is 30.9 Å². The molecule has 0 fully saturated rings. The Hall–Kier alpha value is -1.48. The average molecular weight is 390 g/mol. The minimum atomic E-state index is -0.514. The zero-order valence-electron chi connectivity index (χ0n) is 11.0. The molecule has 0 aliphatic heterocycles. The van der Waals surface area contributed by atoms with Crippen LogP contribution in [0.25, 0.3) is 0 Å². The lowest BCUT2D eigenvalue weighted by atomic mass is 10.1. The number of methoxy groups -OCH3 is 1. The molecule has 0 heterocycles. The van der Waals surface area contributed by atoms with E-state index in [0.29, 0.717) is 28.8 Å². The lowest BCUT2D eigenvalue weighted by Gasteiger charge is -2.21. The van der Waals surface area contributed by atoms with E-state index < -0.39 is 4.92 Å². The van der Waals surface area contributed by atoms with Crippen LogP contribution < -0.4 is 0 Å². The number of carbonyl (C=O) groups is 1. The molecule has 1 aromatic rings. The van der Waals surface area contributed by atoms with Crippen molar-refractivity contribution in [3.05, 3.63) is 50.1 Å². The Bertz CT molecular complexity index is 519. The van der Waals surface area contributed by atoms with Crippen molar-refractivity contribution < 1.29 is 14.5 Å². The van der Waals surface area contributed by atoms with E-state index in [-0.39, 0.29) is 11.6 Å². The third kappa shape index (κ3) is 4.27. The second-order valence-corrected chi connectivity index (χ2v) is 5.12. The fourth-order valence-corrected chi connectivity index (χ4v) is 2.16. The predicted octanol–water partition coefficient (Wildman–Crippen LogP) is 2.47. The summed E-state index contributed by atoms with van der Waals surface area (Å²) < 4.78 is 5.63. The van der Waals surface area contributed by atoms with Crippen molar-refractivity contribution in [3.8, 4) is 0 Å². The average Bonchev–Trinajstić information content (AvgIpc) is 2.43. The van der Waals surface area contributed by atoms with E-state index in [4.69, 9.17) is 4.74 Å². The van der Waals surface area contributed by atoms with Crippen LogP contribution in [0, 0.1) is 13.7 Å². The van der Waals surface area contributed by atoms with Gasteiger partial charge in [-0.25, -0.2) is 0 Å². The lowest BCUT2D eigenvalue weighted by molar-refractivity contribution is -0.384. The molecule has 1 amide bonds. The maximum absolute atomic E-state index is 12.4. The van der Waals surface area contributed by atoms with E-state index in [1.807, 2.05) is 22.6 Å². The number of hydrogen-bond donors (Lipinski definition) is 0. The summed E-state index contributed by atoms with van der Waals surface area (Å²) >= 11 is 1.99. The normalized spacial score (nSPS) is 10.1. The van der Waals surface area contributed by atoms with E-state index in [1.165, 1.54) is 17.0 Å². The first kappa shape index (κ1) is 16.6. The van der Waals surface area contributed by atoms with Crippen molar-refractivity contribution in [1.82, 2.24) is 4.90 Å². The minimum absolute atomic E-state index is 0.0981. The van der Waals surface area contributed by atoms with Gasteiger partial charge in [0.05, 0.1) is 17.1 Å². The topological polar surface area (TPSA) is 72.7 Å². The molecule has 0 bridgehead atoms. The summed E-state index contributed by atoms with van der Waals surface area (Å²) in [5, 5.41) is 10.8. The molecule has 1 rings (SSSR count). The van der Waals surface area contributed by atoms with Crippen LogP contribution in [0.2, 0.25) is 0 Å². The van der Waals surface area contributed by atoms with Crippen molar-refractivity contribution in [2.24, 2.45) is 0 Å². The molecule has 1 aromatic carbocycles. The van der Waals surface area contributed by atoms with Gasteiger partial charge < -0.3 is 9.64 Å². The van der Waals surface area contributed by atoms with Crippen molar-refractivity contribution in [3.63, 3.8) is 0 Å². The van der Waals surface area contributed by atoms with Gasteiger partial charge in [0, 0.05) is 35.9 Å². The fourth-order valence-electron chi connectivity index (χ4n) is 1.59. The van der Waals surface area contributed by atoms with Crippen LogP contribution >= 0.6 is 22.6 Å². The molecule has 0 aromatic heterocycles. The maximum atomic E-state index is 12.4. The van der Waals surface area contributed by atoms with Crippen LogP contribution in [-0.4, -0.2) is 42.5 Å². The van der Waals surface area contributed by atoms with Gasteiger partial charge in [0.25, 0.3) is 11.6 Å². The first-order chi connectivity index (χ1) is 9.51. The molecular formula is C13H15IN2O4. The first-order valence-corrected chi connectivity index (χ1v) is 6.92. The van der Waals surface area contributed by atoms with Crippen molar-refractivity contribution >= 4 is 34.2 Å². The molecular weight excluding hydrogens is 375 g/mol. The second kappa shape index (κ2) is 7.95. The standard InChI is InChI=1S/C13H15IN2O4/c1-3-6-15(7-8-20-2)13(17)11-9-10(16(18)19)4-5-12(11)14/h3-5,9H,1,6-8H2,2H3. The van der Waals surface area contributed by atoms with E-state index in [1.54, 1.807) is 19.3 Å². The van der Waals surface area contributed by atoms with Crippen molar-refractivity contribution in [1.29, 1.82) is 0 Å². The highest BCUT2D eigenvalue weighted by atomic mass is 127. The van der Waals surface area contributed by atoms with E-state index in [0.717, 1.165) is 0 Å². The minimum Gasteiger partial charge on any atom is -0.383 e. The number of hydrogen-bond acceptors (Lipinski definition) is 4. The van der Waals surface area contributed by atoms with Gasteiger partial charge >= 0.3 is 0 Å². The Morgan fingerprint density at radius 2 is 2.30 bits per heavy atom. The van der Waals surface area contributed by atoms with Gasteiger partial charge in [0.2, 0.25) is 0 Å². The highest BCUT2D eigenvalue weighted by Gasteiger charge is 2.20. The number of non-ortho nitro benzene ring substituents is 1. The number of nitro benzene ring substituents is 1. The number of halogens is 1. The van der Waals surface area contributed by atoms with Crippen LogP contribution in [0.1, 0.15) is 10.4 Å². The molecule has 20 heavy (non-hydrogen) atoms. The van der Waals surface area contributed by atoms with Crippen LogP contribution in [0.4, 0.5) is 5.69 Å². The summed E-state index contributed by atoms with van der Waals surface area (Å²) in [4.78, 5) is 24.3. The van der Waals surface area contributed by atoms with E-state index in [9.17, 15) is 14.9 Å². The molecule has 0 radical (unpaired) electrons. The van der Waals surface area contributed by atoms with Crippen molar-refractivity contribution in [2.45, 2.75) is 0 Å². The van der Waals surface area contributed by atoms with Crippen LogP contribution in [0.3, 0.4) is 0 Å². The van der Waals surface area contributed by atoms with Crippen LogP contribution in [0.5, 0.6) is 0 Å². The number of benzene rings is 1. The zero-order chi connectivity index (χ0) is 15.1. The summed E-state index contributed by atoms with van der Waals surface area (Å²) in [6.07, 6.45) is 1.61. The Balaban J connectivity index is 3.06. The van der Waals surface area contributed by atoms with Gasteiger partial charge in [-0.05, 0) is 28.7 Å². The SMILES string of the molecule is C=CCN(CCOC)C(=O)c1cc([N+](=O)[O-])ccc1I.